The van der Waals surface area contributed by atoms with Crippen LogP contribution in [0, 0.1) is 26.6 Å². The van der Waals surface area contributed by atoms with Gasteiger partial charge in [0.25, 0.3) is 15.9 Å². The van der Waals surface area contributed by atoms with E-state index >= 15 is 0 Å². The van der Waals surface area contributed by atoms with Crippen molar-refractivity contribution in [1.82, 2.24) is 0 Å². The summed E-state index contributed by atoms with van der Waals surface area (Å²) in [5.74, 6) is -1.17. The quantitative estimate of drug-likeness (QED) is 0.632. The highest BCUT2D eigenvalue weighted by atomic mass is 32.2. The minimum Gasteiger partial charge on any atom is -0.319 e. The van der Waals surface area contributed by atoms with E-state index in [-0.39, 0.29) is 16.1 Å². The predicted molar refractivity (Wildman–Crippen MR) is 112 cm³/mol. The Labute approximate surface area is 169 Å². The first-order chi connectivity index (χ1) is 13.7. The molecule has 1 amide bonds. The highest BCUT2D eigenvalue weighted by Gasteiger charge is 2.20. The van der Waals surface area contributed by atoms with Crippen molar-refractivity contribution in [2.45, 2.75) is 25.7 Å². The summed E-state index contributed by atoms with van der Waals surface area (Å²) in [6.07, 6.45) is 0. The normalized spacial score (nSPS) is 11.2. The van der Waals surface area contributed by atoms with Gasteiger partial charge in [-0.2, -0.15) is 0 Å². The lowest BCUT2D eigenvalue weighted by atomic mass is 10.1. The van der Waals surface area contributed by atoms with Crippen LogP contribution in [0.4, 0.5) is 15.8 Å². The number of nitrogens with one attached hydrogen (secondary N) is 2. The number of rotatable bonds is 5. The molecule has 0 heterocycles. The van der Waals surface area contributed by atoms with Gasteiger partial charge in [-0.05, 0) is 67.8 Å². The fourth-order valence-corrected chi connectivity index (χ4v) is 4.23. The maximum Gasteiger partial charge on any atom is 0.262 e. The first-order valence-corrected chi connectivity index (χ1v) is 10.4. The summed E-state index contributed by atoms with van der Waals surface area (Å²) in [5, 5.41) is 2.46. The minimum absolute atomic E-state index is 0.0143. The molecule has 0 saturated heterocycles. The second-order valence-corrected chi connectivity index (χ2v) is 8.49. The molecular formula is C22H21FN2O3S. The number of carbonyl (C=O) groups is 1. The zero-order chi connectivity index (χ0) is 21.2. The molecule has 7 heteroatoms. The molecule has 3 aromatic rings. The van der Waals surface area contributed by atoms with Crippen LogP contribution < -0.4 is 10.0 Å². The third-order valence-electron chi connectivity index (χ3n) is 4.50. The third-order valence-corrected chi connectivity index (χ3v) is 6.01. The van der Waals surface area contributed by atoms with Crippen molar-refractivity contribution in [3.05, 3.63) is 88.7 Å². The number of para-hydroxylation sites is 1. The topological polar surface area (TPSA) is 75.3 Å². The Balaban J connectivity index is 1.93. The van der Waals surface area contributed by atoms with E-state index in [1.165, 1.54) is 30.3 Å². The zero-order valence-electron chi connectivity index (χ0n) is 16.3. The molecule has 0 saturated carbocycles. The molecule has 0 atom stereocenters. The van der Waals surface area contributed by atoms with E-state index in [0.29, 0.717) is 11.3 Å². The van der Waals surface area contributed by atoms with Crippen LogP contribution in [-0.2, 0) is 10.0 Å². The molecule has 29 heavy (non-hydrogen) atoms. The largest absolute Gasteiger partial charge is 0.319 e. The zero-order valence-corrected chi connectivity index (χ0v) is 17.1. The number of anilines is 2. The number of amides is 1. The van der Waals surface area contributed by atoms with Gasteiger partial charge >= 0.3 is 0 Å². The molecule has 0 spiro atoms. The maximum atomic E-state index is 13.8. The molecular weight excluding hydrogens is 391 g/mol. The van der Waals surface area contributed by atoms with E-state index in [2.05, 4.69) is 10.0 Å². The number of hydrogen-bond donors (Lipinski definition) is 2. The molecule has 0 radical (unpaired) electrons. The first-order valence-electron chi connectivity index (χ1n) is 8.94. The predicted octanol–water partition coefficient (Wildman–Crippen LogP) is 4.80. The van der Waals surface area contributed by atoms with Crippen LogP contribution in [0.15, 0.2) is 65.6 Å². The Morgan fingerprint density at radius 3 is 2.28 bits per heavy atom. The van der Waals surface area contributed by atoms with Gasteiger partial charge < -0.3 is 5.32 Å². The van der Waals surface area contributed by atoms with Gasteiger partial charge in [0, 0.05) is 5.56 Å². The van der Waals surface area contributed by atoms with Gasteiger partial charge in [-0.15, -0.1) is 0 Å². The van der Waals surface area contributed by atoms with Crippen LogP contribution in [0.2, 0.25) is 0 Å². The molecule has 2 N–H and O–H groups in total. The minimum atomic E-state index is -3.92. The summed E-state index contributed by atoms with van der Waals surface area (Å²) < 4.78 is 42.3. The molecule has 0 aromatic heterocycles. The molecule has 3 aromatic carbocycles. The van der Waals surface area contributed by atoms with Gasteiger partial charge in [0.2, 0.25) is 0 Å². The number of halogens is 1. The smallest absolute Gasteiger partial charge is 0.262 e. The lowest BCUT2D eigenvalue weighted by Gasteiger charge is -2.14. The van der Waals surface area contributed by atoms with Crippen molar-refractivity contribution in [1.29, 1.82) is 0 Å². The second kappa shape index (κ2) is 8.05. The van der Waals surface area contributed by atoms with Crippen LogP contribution in [0.3, 0.4) is 0 Å². The van der Waals surface area contributed by atoms with Crippen molar-refractivity contribution in [2.24, 2.45) is 0 Å². The average molecular weight is 412 g/mol. The van der Waals surface area contributed by atoms with Crippen LogP contribution >= 0.6 is 0 Å². The van der Waals surface area contributed by atoms with E-state index in [9.17, 15) is 17.6 Å². The van der Waals surface area contributed by atoms with Gasteiger partial charge in [0.1, 0.15) is 5.82 Å². The second-order valence-electron chi connectivity index (χ2n) is 6.84. The Morgan fingerprint density at radius 2 is 1.55 bits per heavy atom. The van der Waals surface area contributed by atoms with Gasteiger partial charge in [-0.25, -0.2) is 12.8 Å². The summed E-state index contributed by atoms with van der Waals surface area (Å²) in [6.45, 7) is 5.33. The van der Waals surface area contributed by atoms with Crippen molar-refractivity contribution < 1.29 is 17.6 Å². The Kier molecular flexibility index (Phi) is 5.70. The summed E-state index contributed by atoms with van der Waals surface area (Å²) in [7, 11) is -3.92. The summed E-state index contributed by atoms with van der Waals surface area (Å²) in [5.41, 5.74) is 2.81. The Hall–Kier alpha value is -3.19. The molecule has 150 valence electrons. The van der Waals surface area contributed by atoms with E-state index < -0.39 is 21.7 Å². The molecule has 3 rings (SSSR count). The average Bonchev–Trinajstić information content (AvgIpc) is 2.66. The Bertz CT molecular complexity index is 1190. The molecule has 0 fully saturated rings. The number of aryl methyl sites for hydroxylation is 3. The third kappa shape index (κ3) is 4.63. The fourth-order valence-electron chi connectivity index (χ4n) is 2.83. The maximum absolute atomic E-state index is 13.8. The number of benzene rings is 3. The van der Waals surface area contributed by atoms with Crippen LogP contribution in [0.25, 0.3) is 0 Å². The molecule has 0 bridgehead atoms. The molecule has 0 aliphatic carbocycles. The van der Waals surface area contributed by atoms with E-state index in [1.807, 2.05) is 26.0 Å². The van der Waals surface area contributed by atoms with E-state index in [4.69, 9.17) is 0 Å². The van der Waals surface area contributed by atoms with Gasteiger partial charge in [0.05, 0.1) is 16.3 Å². The highest BCUT2D eigenvalue weighted by molar-refractivity contribution is 7.92. The first kappa shape index (κ1) is 20.5. The monoisotopic (exact) mass is 412 g/mol. The van der Waals surface area contributed by atoms with Crippen molar-refractivity contribution in [2.75, 3.05) is 10.0 Å². The van der Waals surface area contributed by atoms with E-state index in [0.717, 1.165) is 11.1 Å². The Morgan fingerprint density at radius 1 is 0.862 bits per heavy atom. The lowest BCUT2D eigenvalue weighted by Crippen LogP contribution is -2.18. The van der Waals surface area contributed by atoms with Crippen LogP contribution in [0.1, 0.15) is 27.0 Å². The molecule has 0 unspecified atom stereocenters. The number of hydrogen-bond acceptors (Lipinski definition) is 3. The molecule has 0 aliphatic rings. The summed E-state index contributed by atoms with van der Waals surface area (Å²) in [6, 6.07) is 15.6. The number of sulfonamides is 1. The van der Waals surface area contributed by atoms with Crippen molar-refractivity contribution in [3.63, 3.8) is 0 Å². The van der Waals surface area contributed by atoms with Crippen molar-refractivity contribution in [3.8, 4) is 0 Å². The van der Waals surface area contributed by atoms with Crippen molar-refractivity contribution >= 4 is 27.3 Å². The van der Waals surface area contributed by atoms with Gasteiger partial charge in [-0.1, -0.05) is 30.3 Å². The van der Waals surface area contributed by atoms with E-state index in [1.54, 1.807) is 25.1 Å². The lowest BCUT2D eigenvalue weighted by molar-refractivity contribution is 0.102. The fraction of sp³-hybridized carbons (Fsp3) is 0.136. The molecule has 0 aliphatic heterocycles. The van der Waals surface area contributed by atoms with Crippen LogP contribution in [-0.4, -0.2) is 14.3 Å². The van der Waals surface area contributed by atoms with Gasteiger partial charge in [-0.3, -0.25) is 9.52 Å². The summed E-state index contributed by atoms with van der Waals surface area (Å²) >= 11 is 0. The summed E-state index contributed by atoms with van der Waals surface area (Å²) in [4.78, 5) is 12.5. The standard InChI is InChI=1S/C22H21FN2O3S/c1-14-8-9-15(2)20(12-14)25-29(27,28)21-13-17(11-10-16(21)3)22(26)24-19-7-5-4-6-18(19)23/h4-13,25H,1-3H3,(H,24,26). The van der Waals surface area contributed by atoms with Gasteiger partial charge in [0.15, 0.2) is 0 Å². The SMILES string of the molecule is Cc1ccc(C)c(NS(=O)(=O)c2cc(C(=O)Nc3ccccc3F)ccc2C)c1. The highest BCUT2D eigenvalue weighted by Crippen LogP contribution is 2.24. The number of carbonyl (C=O) groups excluding carboxylic acids is 1. The van der Waals surface area contributed by atoms with Crippen LogP contribution in [0.5, 0.6) is 0 Å². The molecule has 5 nitrogen and oxygen atoms in total.